The molecule has 44 heavy (non-hydrogen) atoms. The van der Waals surface area contributed by atoms with Crippen molar-refractivity contribution in [3.63, 3.8) is 0 Å². The average Bonchev–Trinajstić information content (AvgIpc) is 3.14. The Morgan fingerprint density at radius 1 is 1.14 bits per heavy atom. The summed E-state index contributed by atoms with van der Waals surface area (Å²) in [7, 11) is 2.88. The van der Waals surface area contributed by atoms with Crippen molar-refractivity contribution in [1.29, 1.82) is 0 Å². The van der Waals surface area contributed by atoms with Crippen LogP contribution in [-0.4, -0.2) is 73.5 Å². The normalized spacial score (nSPS) is 32.9. The molecular weight excluding hydrogens is 580 g/mol. The number of aliphatic hydroxyl groups excluding tert-OH is 1. The number of aliphatic hydroxyl groups is 2. The number of benzene rings is 2. The number of nitrogens with zero attached hydrogens (tertiary/aromatic N) is 2. The summed E-state index contributed by atoms with van der Waals surface area (Å²) in [5, 5.41) is 23.8. The van der Waals surface area contributed by atoms with Crippen molar-refractivity contribution in [2.45, 2.75) is 62.6 Å². The zero-order chi connectivity index (χ0) is 31.2. The van der Waals surface area contributed by atoms with E-state index >= 15 is 0 Å². The fraction of sp³-hybridized carbons (Fsp3) is 0.543. The number of methoxy groups -OCH3 is 1. The summed E-state index contributed by atoms with van der Waals surface area (Å²) in [6, 6.07) is 11.4. The summed E-state index contributed by atoms with van der Waals surface area (Å²) in [5.74, 6) is -0.267. The first kappa shape index (κ1) is 30.9. The van der Waals surface area contributed by atoms with E-state index < -0.39 is 24.1 Å². The lowest BCUT2D eigenvalue weighted by atomic mass is 9.68. The summed E-state index contributed by atoms with van der Waals surface area (Å²) < 4.78 is 11.7. The van der Waals surface area contributed by atoms with Gasteiger partial charge in [-0.25, -0.2) is 4.79 Å². The Morgan fingerprint density at radius 2 is 1.95 bits per heavy atom. The second-order valence-corrected chi connectivity index (χ2v) is 13.9. The molecule has 2 heterocycles. The maximum Gasteiger partial charge on any atom is 0.343 e. The van der Waals surface area contributed by atoms with E-state index in [-0.39, 0.29) is 34.6 Å². The van der Waals surface area contributed by atoms with Gasteiger partial charge < -0.3 is 29.5 Å². The van der Waals surface area contributed by atoms with Crippen molar-refractivity contribution in [3.8, 4) is 5.75 Å². The minimum Gasteiger partial charge on any atom is -0.490 e. The van der Waals surface area contributed by atoms with Gasteiger partial charge in [0.2, 0.25) is 5.91 Å². The summed E-state index contributed by atoms with van der Waals surface area (Å²) in [6.07, 6.45) is 7.66. The lowest BCUT2D eigenvalue weighted by molar-refractivity contribution is -0.168. The van der Waals surface area contributed by atoms with Crippen molar-refractivity contribution in [3.05, 3.63) is 70.3 Å². The van der Waals surface area contributed by atoms with E-state index in [2.05, 4.69) is 17.0 Å². The van der Waals surface area contributed by atoms with E-state index in [0.717, 1.165) is 42.8 Å². The molecule has 9 heteroatoms. The van der Waals surface area contributed by atoms with E-state index in [1.165, 1.54) is 23.1 Å². The molecule has 2 bridgehead atoms. The SMILES string of the molecule is COC(=O)[C@@]1(O)CC(=O)N(C)C[C@@H](C)/C=C/[C@H](O)[C@@H]2CC[C@H]2CN2C[C@@]3(CCCc4cc(Cl)ccc43)COc3ccc1cc32. The van der Waals surface area contributed by atoms with Gasteiger partial charge in [-0.1, -0.05) is 42.8 Å². The van der Waals surface area contributed by atoms with Gasteiger partial charge in [-0.3, -0.25) is 4.79 Å². The standard InChI is InChI=1S/C35H43ClN2O6/c1-22-6-12-30(39)27-10-7-24(27)19-38-20-34(14-4-5-23-15-26(36)9-11-28(23)34)21-44-31-13-8-25(16-29(31)38)35(42,33(41)43-3)17-32(40)37(2)18-22/h6,8-9,11-13,15-16,22,24,27,30,39,42H,4-5,7,10,14,17-21H2,1-3H3/b12-6+/t22-,24-,27+,30-,34-,35+/m0/s1. The Labute approximate surface area is 264 Å². The zero-order valence-corrected chi connectivity index (χ0v) is 26.6. The van der Waals surface area contributed by atoms with E-state index in [9.17, 15) is 19.8 Å². The molecule has 1 spiro atoms. The Bertz CT molecular complexity index is 1460. The third kappa shape index (κ3) is 5.61. The van der Waals surface area contributed by atoms with Gasteiger partial charge in [-0.2, -0.15) is 0 Å². The number of carbonyl (C=O) groups is 2. The summed E-state index contributed by atoms with van der Waals surface area (Å²) in [5.41, 5.74) is 1.07. The molecule has 2 N–H and O–H groups in total. The molecule has 6 rings (SSSR count). The number of hydrogen-bond donors (Lipinski definition) is 2. The number of halogens is 1. The number of esters is 1. The molecule has 2 aromatic rings. The number of hydrogen-bond acceptors (Lipinski definition) is 7. The highest BCUT2D eigenvalue weighted by atomic mass is 35.5. The van der Waals surface area contributed by atoms with Crippen molar-refractivity contribution in [1.82, 2.24) is 4.90 Å². The molecule has 2 aliphatic heterocycles. The van der Waals surface area contributed by atoms with Crippen molar-refractivity contribution in [2.24, 2.45) is 17.8 Å². The van der Waals surface area contributed by atoms with Crippen LogP contribution >= 0.6 is 11.6 Å². The van der Waals surface area contributed by atoms with Gasteiger partial charge in [0.15, 0.2) is 5.60 Å². The Balaban J connectivity index is 1.47. The van der Waals surface area contributed by atoms with Crippen LogP contribution in [0.1, 0.15) is 55.7 Å². The van der Waals surface area contributed by atoms with Crippen molar-refractivity contribution >= 4 is 29.2 Å². The fourth-order valence-electron chi connectivity index (χ4n) is 7.78. The molecule has 0 unspecified atom stereocenters. The van der Waals surface area contributed by atoms with E-state index in [1.54, 1.807) is 25.2 Å². The van der Waals surface area contributed by atoms with Crippen LogP contribution in [0.3, 0.4) is 0 Å². The highest BCUT2D eigenvalue weighted by molar-refractivity contribution is 6.30. The molecule has 8 nitrogen and oxygen atoms in total. The number of anilines is 1. The molecule has 6 atom stereocenters. The number of aryl methyl sites for hydroxylation is 1. The summed E-state index contributed by atoms with van der Waals surface area (Å²) >= 11 is 6.41. The molecule has 0 saturated heterocycles. The maximum absolute atomic E-state index is 13.4. The summed E-state index contributed by atoms with van der Waals surface area (Å²) in [4.78, 5) is 30.4. The van der Waals surface area contributed by atoms with Crippen molar-refractivity contribution in [2.75, 3.05) is 45.3 Å². The minimum atomic E-state index is -2.18. The highest BCUT2D eigenvalue weighted by Crippen LogP contribution is 2.47. The molecule has 1 amide bonds. The monoisotopic (exact) mass is 622 g/mol. The molecule has 0 radical (unpaired) electrons. The number of fused-ring (bicyclic) bond motifs is 4. The number of ether oxygens (including phenoxy) is 2. The Kier molecular flexibility index (Phi) is 8.46. The largest absolute Gasteiger partial charge is 0.490 e. The quantitative estimate of drug-likeness (QED) is 0.354. The Morgan fingerprint density at radius 3 is 2.70 bits per heavy atom. The van der Waals surface area contributed by atoms with Crippen LogP contribution in [0, 0.1) is 17.8 Å². The van der Waals surface area contributed by atoms with Crippen molar-refractivity contribution < 1.29 is 29.3 Å². The smallest absolute Gasteiger partial charge is 0.343 e. The topological polar surface area (TPSA) is 99.5 Å². The lowest BCUT2D eigenvalue weighted by Gasteiger charge is -2.45. The van der Waals surface area contributed by atoms with Gasteiger partial charge >= 0.3 is 5.97 Å². The zero-order valence-electron chi connectivity index (χ0n) is 25.8. The van der Waals surface area contributed by atoms with Crippen LogP contribution in [0.15, 0.2) is 48.6 Å². The molecule has 4 aliphatic rings. The van der Waals surface area contributed by atoms with Gasteiger partial charge in [0.25, 0.3) is 0 Å². The number of amides is 1. The number of rotatable bonds is 1. The van der Waals surface area contributed by atoms with Gasteiger partial charge in [-0.05, 0) is 90.8 Å². The molecular formula is C35H43ClN2O6. The molecule has 1 fully saturated rings. The predicted octanol–water partition coefficient (Wildman–Crippen LogP) is 4.62. The van der Waals surface area contributed by atoms with Gasteiger partial charge in [0.05, 0.1) is 31.9 Å². The second kappa shape index (κ2) is 12.0. The van der Waals surface area contributed by atoms with E-state index in [1.807, 2.05) is 25.1 Å². The van der Waals surface area contributed by atoms with E-state index in [4.69, 9.17) is 21.1 Å². The predicted molar refractivity (Wildman–Crippen MR) is 169 cm³/mol. The van der Waals surface area contributed by atoms with Crippen LogP contribution < -0.4 is 9.64 Å². The second-order valence-electron chi connectivity index (χ2n) is 13.4. The van der Waals surface area contributed by atoms with Crippen LogP contribution in [0.25, 0.3) is 0 Å². The first-order valence-electron chi connectivity index (χ1n) is 15.8. The number of carbonyl (C=O) groups excluding carboxylic acids is 2. The molecule has 236 valence electrons. The van der Waals surface area contributed by atoms with Crippen LogP contribution in [-0.2, 0) is 31.8 Å². The molecule has 2 aromatic carbocycles. The molecule has 0 aromatic heterocycles. The molecule has 2 aliphatic carbocycles. The maximum atomic E-state index is 13.4. The highest BCUT2D eigenvalue weighted by Gasteiger charge is 2.46. The van der Waals surface area contributed by atoms with E-state index in [0.29, 0.717) is 32.0 Å². The Hall–Kier alpha value is -3.07. The third-order valence-electron chi connectivity index (χ3n) is 10.4. The third-order valence-corrected chi connectivity index (χ3v) is 10.7. The first-order valence-corrected chi connectivity index (χ1v) is 16.1. The van der Waals surface area contributed by atoms with Gasteiger partial charge in [-0.15, -0.1) is 0 Å². The van der Waals surface area contributed by atoms with Gasteiger partial charge in [0.1, 0.15) is 5.75 Å². The van der Waals surface area contributed by atoms with Crippen LogP contribution in [0.2, 0.25) is 5.02 Å². The van der Waals surface area contributed by atoms with Crippen LogP contribution in [0.4, 0.5) is 5.69 Å². The molecule has 1 saturated carbocycles. The first-order chi connectivity index (χ1) is 21.0. The fourth-order valence-corrected chi connectivity index (χ4v) is 7.98. The summed E-state index contributed by atoms with van der Waals surface area (Å²) in [6.45, 7) is 4.20. The van der Waals surface area contributed by atoms with Crippen LogP contribution in [0.5, 0.6) is 5.75 Å². The minimum absolute atomic E-state index is 0.0235. The van der Waals surface area contributed by atoms with Gasteiger partial charge in [0, 0.05) is 37.1 Å². The lowest BCUT2D eigenvalue weighted by Crippen LogP contribution is -2.49. The average molecular weight is 623 g/mol.